The zero-order valence-electron chi connectivity index (χ0n) is 22.2. The first-order valence-corrected chi connectivity index (χ1v) is 12.1. The second-order valence-electron chi connectivity index (χ2n) is 10.8. The Kier molecular flexibility index (Phi) is 11.8. The normalized spacial score (nSPS) is 17.7. The maximum absolute atomic E-state index is 11.8. The van der Waals surface area contributed by atoms with E-state index in [0.717, 1.165) is 0 Å². The number of carboxylic acids is 1. The second kappa shape index (κ2) is 13.5. The van der Waals surface area contributed by atoms with E-state index >= 15 is 0 Å². The van der Waals surface area contributed by atoms with Gasteiger partial charge in [-0.25, -0.2) is 9.59 Å². The van der Waals surface area contributed by atoms with E-state index in [2.05, 4.69) is 5.32 Å². The van der Waals surface area contributed by atoms with Gasteiger partial charge in [-0.1, -0.05) is 0 Å². The topological polar surface area (TPSA) is 135 Å². The molecule has 35 heavy (non-hydrogen) atoms. The van der Waals surface area contributed by atoms with Crippen molar-refractivity contribution in [2.75, 3.05) is 40.0 Å². The fourth-order valence-electron chi connectivity index (χ4n) is 3.57. The number of methoxy groups -OCH3 is 1. The van der Waals surface area contributed by atoms with Gasteiger partial charge >= 0.3 is 18.2 Å². The lowest BCUT2D eigenvalue weighted by molar-refractivity contribution is -0.143. The number of nitrogens with zero attached hydrogens (tertiary/aromatic N) is 2. The molecule has 0 spiro atoms. The molecular weight excluding hydrogens is 458 g/mol. The molecule has 2 aliphatic rings. The van der Waals surface area contributed by atoms with Crippen molar-refractivity contribution in [1.82, 2.24) is 15.1 Å². The third-order valence-corrected chi connectivity index (χ3v) is 5.40. The van der Waals surface area contributed by atoms with E-state index < -0.39 is 17.2 Å². The van der Waals surface area contributed by atoms with Gasteiger partial charge in [-0.3, -0.25) is 9.59 Å². The summed E-state index contributed by atoms with van der Waals surface area (Å²) in [6.45, 7) is 13.2. The summed E-state index contributed by atoms with van der Waals surface area (Å²) in [5, 5.41) is 11.5. The predicted octanol–water partition coefficient (Wildman–Crippen LogP) is 3.07. The van der Waals surface area contributed by atoms with Crippen LogP contribution >= 0.6 is 0 Å². The van der Waals surface area contributed by atoms with Crippen LogP contribution < -0.4 is 5.32 Å². The molecule has 0 aromatic rings. The third-order valence-electron chi connectivity index (χ3n) is 5.40. The molecule has 0 radical (unpaired) electrons. The Morgan fingerprint density at radius 3 is 1.46 bits per heavy atom. The van der Waals surface area contributed by atoms with Gasteiger partial charge in [-0.2, -0.15) is 0 Å². The number of hydrogen-bond donors (Lipinski definition) is 2. The Morgan fingerprint density at radius 1 is 0.771 bits per heavy atom. The van der Waals surface area contributed by atoms with Gasteiger partial charge in [0, 0.05) is 39.2 Å². The minimum atomic E-state index is -0.774. The van der Waals surface area contributed by atoms with Crippen molar-refractivity contribution in [3.05, 3.63) is 0 Å². The summed E-state index contributed by atoms with van der Waals surface area (Å²) in [5.41, 5.74) is -0.982. The average Bonchev–Trinajstić information content (AvgIpc) is 2.75. The smallest absolute Gasteiger partial charge is 0.410 e. The highest BCUT2D eigenvalue weighted by atomic mass is 16.6. The van der Waals surface area contributed by atoms with Crippen molar-refractivity contribution in [3.8, 4) is 0 Å². The van der Waals surface area contributed by atoms with E-state index in [9.17, 15) is 19.2 Å². The molecule has 2 N–H and O–H groups in total. The number of amides is 3. The molecule has 11 nitrogen and oxygen atoms in total. The van der Waals surface area contributed by atoms with Crippen LogP contribution in [0.25, 0.3) is 0 Å². The molecule has 2 rings (SSSR count). The summed E-state index contributed by atoms with van der Waals surface area (Å²) in [6, 6.07) is 0. The number of ether oxygens (including phenoxy) is 3. The first-order chi connectivity index (χ1) is 16.1. The highest BCUT2D eigenvalue weighted by Crippen LogP contribution is 2.21. The monoisotopic (exact) mass is 501 g/mol. The number of carboxylic acid groups (broad SMARTS) is 1. The van der Waals surface area contributed by atoms with Gasteiger partial charge in [-0.15, -0.1) is 0 Å². The average molecular weight is 502 g/mol. The number of aliphatic carboxylic acids is 1. The number of nitrogens with one attached hydrogen (secondary N) is 1. The number of rotatable bonds is 4. The van der Waals surface area contributed by atoms with Gasteiger partial charge in [0.15, 0.2) is 0 Å². The Labute approximate surface area is 208 Å². The van der Waals surface area contributed by atoms with Crippen molar-refractivity contribution in [2.24, 2.45) is 11.8 Å². The molecule has 0 atom stereocenters. The number of carbonyl (C=O) groups is 4. The van der Waals surface area contributed by atoms with Crippen LogP contribution in [-0.4, -0.2) is 90.2 Å². The maximum atomic E-state index is 11.8. The van der Waals surface area contributed by atoms with Gasteiger partial charge in [-0.05, 0) is 67.2 Å². The standard InChI is InChI=1S/C13H24N2O4.C11H19NO4/c1-13(2,3)19-12(17)15-7-5-10(6-8-15)11(16)14-9-18-4;1-11(2,3)16-10(15)12-6-4-8(5-7-12)9(13)14/h10H,5-9H2,1-4H3,(H,14,16);8H,4-7H2,1-3H3,(H,13,14). The van der Waals surface area contributed by atoms with Gasteiger partial charge in [0.1, 0.15) is 17.9 Å². The van der Waals surface area contributed by atoms with Crippen LogP contribution in [0.1, 0.15) is 67.2 Å². The highest BCUT2D eigenvalue weighted by Gasteiger charge is 2.30. The lowest BCUT2D eigenvalue weighted by atomic mass is 9.96. The van der Waals surface area contributed by atoms with E-state index in [1.54, 1.807) is 9.80 Å². The summed E-state index contributed by atoms with van der Waals surface area (Å²) in [7, 11) is 1.53. The first-order valence-electron chi connectivity index (χ1n) is 12.1. The zero-order valence-corrected chi connectivity index (χ0v) is 22.2. The van der Waals surface area contributed by atoms with Crippen molar-refractivity contribution >= 4 is 24.1 Å². The summed E-state index contributed by atoms with van der Waals surface area (Å²) in [5.74, 6) is -1.15. The Morgan fingerprint density at radius 2 is 1.14 bits per heavy atom. The largest absolute Gasteiger partial charge is 0.481 e. The van der Waals surface area contributed by atoms with Crippen molar-refractivity contribution in [1.29, 1.82) is 0 Å². The van der Waals surface area contributed by atoms with Crippen LogP contribution in [0.3, 0.4) is 0 Å². The molecule has 3 amide bonds. The lowest BCUT2D eigenvalue weighted by Crippen LogP contribution is -2.45. The molecule has 11 heteroatoms. The molecule has 2 heterocycles. The van der Waals surface area contributed by atoms with E-state index in [-0.39, 0.29) is 36.7 Å². The Bertz CT molecular complexity index is 713. The predicted molar refractivity (Wildman–Crippen MR) is 129 cm³/mol. The molecule has 0 bridgehead atoms. The zero-order chi connectivity index (χ0) is 26.8. The highest BCUT2D eigenvalue weighted by molar-refractivity contribution is 5.79. The molecule has 0 saturated carbocycles. The van der Waals surface area contributed by atoms with E-state index in [4.69, 9.17) is 19.3 Å². The van der Waals surface area contributed by atoms with Crippen molar-refractivity contribution < 1.29 is 38.5 Å². The van der Waals surface area contributed by atoms with Crippen LogP contribution in [-0.2, 0) is 23.8 Å². The Balaban J connectivity index is 0.000000355. The SMILES string of the molecule is CC(C)(C)OC(=O)N1CCC(C(=O)O)CC1.COCNC(=O)C1CCN(C(=O)OC(C)(C)C)CC1. The summed E-state index contributed by atoms with van der Waals surface area (Å²) in [4.78, 5) is 49.2. The summed E-state index contributed by atoms with van der Waals surface area (Å²) < 4.78 is 15.3. The maximum Gasteiger partial charge on any atom is 0.410 e. The first kappa shape index (κ1) is 30.5. The molecule has 2 fully saturated rings. The summed E-state index contributed by atoms with van der Waals surface area (Å²) >= 11 is 0. The quantitative estimate of drug-likeness (QED) is 0.561. The fourth-order valence-corrected chi connectivity index (χ4v) is 3.57. The number of hydrogen-bond acceptors (Lipinski definition) is 7. The van der Waals surface area contributed by atoms with Crippen molar-refractivity contribution in [3.63, 3.8) is 0 Å². The van der Waals surface area contributed by atoms with E-state index in [1.165, 1.54) is 7.11 Å². The van der Waals surface area contributed by atoms with E-state index in [1.807, 2.05) is 41.5 Å². The molecule has 0 aromatic heterocycles. The van der Waals surface area contributed by atoms with Crippen LogP contribution in [0.15, 0.2) is 0 Å². The van der Waals surface area contributed by atoms with Gasteiger partial charge < -0.3 is 34.4 Å². The molecule has 0 unspecified atom stereocenters. The molecule has 2 saturated heterocycles. The van der Waals surface area contributed by atoms with Gasteiger partial charge in [0.2, 0.25) is 5.91 Å². The van der Waals surface area contributed by atoms with Crippen molar-refractivity contribution in [2.45, 2.75) is 78.4 Å². The molecule has 0 aliphatic carbocycles. The molecule has 2 aliphatic heterocycles. The van der Waals surface area contributed by atoms with Gasteiger partial charge in [0.25, 0.3) is 0 Å². The van der Waals surface area contributed by atoms with Crippen LogP contribution in [0.5, 0.6) is 0 Å². The number of carbonyl (C=O) groups excluding carboxylic acids is 3. The van der Waals surface area contributed by atoms with Gasteiger partial charge in [0.05, 0.1) is 5.92 Å². The fraction of sp³-hybridized carbons (Fsp3) is 0.833. The molecule has 0 aromatic carbocycles. The van der Waals surface area contributed by atoms with Crippen LogP contribution in [0, 0.1) is 11.8 Å². The summed E-state index contributed by atoms with van der Waals surface area (Å²) in [6.07, 6.45) is 1.69. The Hall–Kier alpha value is -2.56. The van der Waals surface area contributed by atoms with Crippen LogP contribution in [0.2, 0.25) is 0 Å². The van der Waals surface area contributed by atoms with Crippen LogP contribution in [0.4, 0.5) is 9.59 Å². The lowest BCUT2D eigenvalue weighted by Gasteiger charge is -2.32. The molecular formula is C24H43N3O8. The minimum Gasteiger partial charge on any atom is -0.481 e. The number of piperidine rings is 2. The van der Waals surface area contributed by atoms with E-state index in [0.29, 0.717) is 51.9 Å². The number of likely N-dealkylation sites (tertiary alicyclic amines) is 2. The molecule has 202 valence electrons. The minimum absolute atomic E-state index is 0.00862. The second-order valence-corrected chi connectivity index (χ2v) is 10.8. The third kappa shape index (κ3) is 12.1.